The van der Waals surface area contributed by atoms with E-state index in [0.717, 1.165) is 12.0 Å². The summed E-state index contributed by atoms with van der Waals surface area (Å²) in [5.74, 6) is -1.31. The SMILES string of the molecule is CN(CCc1ccccc1)C(=O)Cn1cc(C(=O)O)nn1. The Kier molecular flexibility index (Phi) is 4.65. The summed E-state index contributed by atoms with van der Waals surface area (Å²) in [5.41, 5.74) is 0.987. The molecule has 0 aliphatic carbocycles. The number of nitrogens with zero attached hydrogens (tertiary/aromatic N) is 4. The molecule has 1 aromatic carbocycles. The Balaban J connectivity index is 1.85. The van der Waals surface area contributed by atoms with Gasteiger partial charge in [0.2, 0.25) is 5.91 Å². The van der Waals surface area contributed by atoms with Gasteiger partial charge >= 0.3 is 5.97 Å². The summed E-state index contributed by atoms with van der Waals surface area (Å²) in [6.07, 6.45) is 2.01. The number of carboxylic acids is 1. The third kappa shape index (κ3) is 4.13. The molecule has 7 nitrogen and oxygen atoms in total. The van der Waals surface area contributed by atoms with Gasteiger partial charge in [0, 0.05) is 13.6 Å². The molecule has 1 N–H and O–H groups in total. The van der Waals surface area contributed by atoms with Crippen LogP contribution in [0.25, 0.3) is 0 Å². The molecular weight excluding hydrogens is 272 g/mol. The molecule has 0 radical (unpaired) electrons. The van der Waals surface area contributed by atoms with E-state index in [2.05, 4.69) is 10.3 Å². The highest BCUT2D eigenvalue weighted by Crippen LogP contribution is 2.01. The molecule has 0 saturated heterocycles. The zero-order valence-corrected chi connectivity index (χ0v) is 11.6. The van der Waals surface area contributed by atoms with E-state index in [-0.39, 0.29) is 18.1 Å². The largest absolute Gasteiger partial charge is 0.476 e. The summed E-state index contributed by atoms with van der Waals surface area (Å²) in [4.78, 5) is 24.3. The number of aromatic nitrogens is 3. The predicted molar refractivity (Wildman–Crippen MR) is 74.8 cm³/mol. The molecule has 7 heteroatoms. The van der Waals surface area contributed by atoms with Crippen LogP contribution in [0.1, 0.15) is 16.1 Å². The van der Waals surface area contributed by atoms with Crippen LogP contribution in [0.4, 0.5) is 0 Å². The molecule has 110 valence electrons. The van der Waals surface area contributed by atoms with E-state index in [1.807, 2.05) is 30.3 Å². The monoisotopic (exact) mass is 288 g/mol. The quantitative estimate of drug-likeness (QED) is 0.844. The molecule has 0 aliphatic heterocycles. The fraction of sp³-hybridized carbons (Fsp3) is 0.286. The number of likely N-dealkylation sites (N-methyl/N-ethyl adjacent to an activating group) is 1. The third-order valence-electron chi connectivity index (χ3n) is 3.06. The Hall–Kier alpha value is -2.70. The van der Waals surface area contributed by atoms with Crippen LogP contribution >= 0.6 is 0 Å². The van der Waals surface area contributed by atoms with Gasteiger partial charge in [0.1, 0.15) is 6.54 Å². The van der Waals surface area contributed by atoms with E-state index in [4.69, 9.17) is 5.11 Å². The first-order valence-electron chi connectivity index (χ1n) is 6.47. The van der Waals surface area contributed by atoms with Crippen molar-refractivity contribution in [2.45, 2.75) is 13.0 Å². The van der Waals surface area contributed by atoms with Gasteiger partial charge in [-0.3, -0.25) is 4.79 Å². The van der Waals surface area contributed by atoms with Crippen molar-refractivity contribution in [3.05, 3.63) is 47.8 Å². The lowest BCUT2D eigenvalue weighted by atomic mass is 10.1. The van der Waals surface area contributed by atoms with E-state index in [1.165, 1.54) is 10.9 Å². The Labute approximate surface area is 121 Å². The van der Waals surface area contributed by atoms with Gasteiger partial charge in [0.05, 0.1) is 6.20 Å². The molecular formula is C14H16N4O3. The number of carbonyl (C=O) groups is 2. The van der Waals surface area contributed by atoms with Gasteiger partial charge in [-0.2, -0.15) is 0 Å². The molecule has 2 rings (SSSR count). The van der Waals surface area contributed by atoms with E-state index in [1.54, 1.807) is 11.9 Å². The van der Waals surface area contributed by atoms with Crippen molar-refractivity contribution in [3.63, 3.8) is 0 Å². The number of hydrogen-bond donors (Lipinski definition) is 1. The first-order valence-corrected chi connectivity index (χ1v) is 6.47. The molecule has 1 aromatic heterocycles. The highest BCUT2D eigenvalue weighted by atomic mass is 16.4. The maximum Gasteiger partial charge on any atom is 0.358 e. The highest BCUT2D eigenvalue weighted by molar-refractivity contribution is 5.84. The first kappa shape index (κ1) is 14.7. The second-order valence-corrected chi connectivity index (χ2v) is 4.66. The van der Waals surface area contributed by atoms with Crippen molar-refractivity contribution in [2.24, 2.45) is 0 Å². The molecule has 0 saturated carbocycles. The van der Waals surface area contributed by atoms with E-state index >= 15 is 0 Å². The minimum Gasteiger partial charge on any atom is -0.476 e. The molecule has 0 aliphatic rings. The molecule has 0 atom stereocenters. The molecule has 0 fully saturated rings. The van der Waals surface area contributed by atoms with Crippen LogP contribution in [-0.4, -0.2) is 50.5 Å². The molecule has 0 unspecified atom stereocenters. The van der Waals surface area contributed by atoms with Gasteiger partial charge in [-0.25, -0.2) is 9.48 Å². The summed E-state index contributed by atoms with van der Waals surface area (Å²) >= 11 is 0. The van der Waals surface area contributed by atoms with E-state index in [0.29, 0.717) is 6.54 Å². The van der Waals surface area contributed by atoms with Gasteiger partial charge < -0.3 is 10.0 Å². The van der Waals surface area contributed by atoms with Crippen molar-refractivity contribution >= 4 is 11.9 Å². The number of carboxylic acid groups (broad SMARTS) is 1. The van der Waals surface area contributed by atoms with Crippen LogP contribution in [-0.2, 0) is 17.8 Å². The van der Waals surface area contributed by atoms with Crippen molar-refractivity contribution < 1.29 is 14.7 Å². The van der Waals surface area contributed by atoms with Gasteiger partial charge in [-0.05, 0) is 12.0 Å². The van der Waals surface area contributed by atoms with E-state index < -0.39 is 5.97 Å². The maximum atomic E-state index is 12.0. The Morgan fingerprint density at radius 2 is 2.00 bits per heavy atom. The van der Waals surface area contributed by atoms with Gasteiger partial charge in [-0.15, -0.1) is 5.10 Å². The minimum absolute atomic E-state index is 0.0223. The minimum atomic E-state index is -1.16. The zero-order chi connectivity index (χ0) is 15.2. The molecule has 0 bridgehead atoms. The molecule has 21 heavy (non-hydrogen) atoms. The fourth-order valence-corrected chi connectivity index (χ4v) is 1.80. The first-order chi connectivity index (χ1) is 10.1. The fourth-order valence-electron chi connectivity index (χ4n) is 1.80. The average molecular weight is 288 g/mol. The molecule has 1 amide bonds. The number of rotatable bonds is 6. The van der Waals surface area contributed by atoms with Crippen molar-refractivity contribution in [1.82, 2.24) is 19.9 Å². The number of aromatic carboxylic acids is 1. The standard InChI is InChI=1S/C14H16N4O3/c1-17(8-7-11-5-3-2-4-6-11)13(19)10-18-9-12(14(20)21)15-16-18/h2-6,9H,7-8,10H2,1H3,(H,20,21). The summed E-state index contributed by atoms with van der Waals surface area (Å²) in [6, 6.07) is 9.88. The number of benzene rings is 1. The summed E-state index contributed by atoms with van der Waals surface area (Å²) in [5, 5.41) is 15.8. The summed E-state index contributed by atoms with van der Waals surface area (Å²) in [6.45, 7) is 0.564. The topological polar surface area (TPSA) is 88.3 Å². The van der Waals surface area contributed by atoms with Crippen molar-refractivity contribution in [2.75, 3.05) is 13.6 Å². The normalized spacial score (nSPS) is 10.3. The van der Waals surface area contributed by atoms with Crippen LogP contribution in [0, 0.1) is 0 Å². The van der Waals surface area contributed by atoms with Crippen LogP contribution in [0.2, 0.25) is 0 Å². The highest BCUT2D eigenvalue weighted by Gasteiger charge is 2.13. The maximum absolute atomic E-state index is 12.0. The second kappa shape index (κ2) is 6.65. The van der Waals surface area contributed by atoms with Crippen LogP contribution < -0.4 is 0 Å². The van der Waals surface area contributed by atoms with Gasteiger partial charge in [0.15, 0.2) is 5.69 Å². The lowest BCUT2D eigenvalue weighted by Crippen LogP contribution is -2.32. The summed E-state index contributed by atoms with van der Waals surface area (Å²) < 4.78 is 1.23. The van der Waals surface area contributed by atoms with E-state index in [9.17, 15) is 9.59 Å². The molecule has 1 heterocycles. The molecule has 2 aromatic rings. The average Bonchev–Trinajstić information content (AvgIpc) is 2.94. The summed E-state index contributed by atoms with van der Waals surface area (Å²) in [7, 11) is 1.71. The lowest BCUT2D eigenvalue weighted by molar-refractivity contribution is -0.130. The smallest absolute Gasteiger partial charge is 0.358 e. The predicted octanol–water partition coefficient (Wildman–Crippen LogP) is 0.677. The third-order valence-corrected chi connectivity index (χ3v) is 3.06. The van der Waals surface area contributed by atoms with Crippen LogP contribution in [0.15, 0.2) is 36.5 Å². The second-order valence-electron chi connectivity index (χ2n) is 4.66. The van der Waals surface area contributed by atoms with Crippen LogP contribution in [0.5, 0.6) is 0 Å². The van der Waals surface area contributed by atoms with Crippen molar-refractivity contribution in [1.29, 1.82) is 0 Å². The van der Waals surface area contributed by atoms with Crippen molar-refractivity contribution in [3.8, 4) is 0 Å². The lowest BCUT2D eigenvalue weighted by Gasteiger charge is -2.16. The number of amides is 1. The number of carbonyl (C=O) groups excluding carboxylic acids is 1. The Morgan fingerprint density at radius 3 is 2.62 bits per heavy atom. The molecule has 0 spiro atoms. The Morgan fingerprint density at radius 1 is 1.29 bits per heavy atom. The Bertz CT molecular complexity index is 624. The zero-order valence-electron chi connectivity index (χ0n) is 11.6. The van der Waals surface area contributed by atoms with Gasteiger partial charge in [-0.1, -0.05) is 35.5 Å². The van der Waals surface area contributed by atoms with Crippen LogP contribution in [0.3, 0.4) is 0 Å². The number of hydrogen-bond acceptors (Lipinski definition) is 4. The van der Waals surface area contributed by atoms with Gasteiger partial charge in [0.25, 0.3) is 0 Å².